The summed E-state index contributed by atoms with van der Waals surface area (Å²) < 4.78 is 6.62. The Morgan fingerprint density at radius 1 is 1.35 bits per heavy atom. The summed E-state index contributed by atoms with van der Waals surface area (Å²) in [6.45, 7) is 5.95. The molecule has 1 saturated heterocycles. The van der Waals surface area contributed by atoms with E-state index in [1.807, 2.05) is 0 Å². The van der Waals surface area contributed by atoms with Gasteiger partial charge in [-0.05, 0) is 49.6 Å². The molecule has 1 aromatic carbocycles. The molecule has 20 heavy (non-hydrogen) atoms. The molecule has 4 heteroatoms. The molecule has 0 radical (unpaired) electrons. The van der Waals surface area contributed by atoms with E-state index in [1.165, 1.54) is 17.7 Å². The standard InChI is InChI=1S/C16H25BrN2O/c1-3-8-18-12-13-11-14(17)4-5-16(13)19(2)15-6-9-20-10-7-15/h4-5,11,15,18H,3,6-10,12H2,1-2H3. The quantitative estimate of drug-likeness (QED) is 0.801. The van der Waals surface area contributed by atoms with E-state index in [4.69, 9.17) is 4.74 Å². The number of anilines is 1. The first-order valence-electron chi connectivity index (χ1n) is 7.52. The molecule has 0 aliphatic carbocycles. The molecular weight excluding hydrogens is 316 g/mol. The zero-order chi connectivity index (χ0) is 14.4. The molecule has 0 saturated carbocycles. The lowest BCUT2D eigenvalue weighted by molar-refractivity contribution is 0.0854. The van der Waals surface area contributed by atoms with E-state index in [0.717, 1.165) is 43.6 Å². The zero-order valence-corrected chi connectivity index (χ0v) is 14.1. The third-order valence-electron chi connectivity index (χ3n) is 3.90. The van der Waals surface area contributed by atoms with E-state index in [0.29, 0.717) is 6.04 Å². The molecule has 2 rings (SSSR count). The van der Waals surface area contributed by atoms with Crippen LogP contribution in [0.4, 0.5) is 5.69 Å². The second kappa shape index (κ2) is 8.01. The normalized spacial score (nSPS) is 16.4. The van der Waals surface area contributed by atoms with Crippen LogP contribution < -0.4 is 10.2 Å². The van der Waals surface area contributed by atoms with E-state index in [9.17, 15) is 0 Å². The van der Waals surface area contributed by atoms with Gasteiger partial charge in [0.15, 0.2) is 0 Å². The first kappa shape index (κ1) is 15.8. The minimum absolute atomic E-state index is 0.592. The van der Waals surface area contributed by atoms with Crippen molar-refractivity contribution in [1.29, 1.82) is 0 Å². The fourth-order valence-corrected chi connectivity index (χ4v) is 3.12. The molecule has 1 fully saturated rings. The molecule has 3 nitrogen and oxygen atoms in total. The van der Waals surface area contributed by atoms with E-state index >= 15 is 0 Å². The van der Waals surface area contributed by atoms with Gasteiger partial charge in [-0.2, -0.15) is 0 Å². The van der Waals surface area contributed by atoms with Gasteiger partial charge in [0, 0.05) is 43.0 Å². The molecule has 0 atom stereocenters. The predicted molar refractivity (Wildman–Crippen MR) is 88.4 cm³/mol. The summed E-state index contributed by atoms with van der Waals surface area (Å²) in [6.07, 6.45) is 3.40. The minimum atomic E-state index is 0.592. The molecule has 1 aromatic rings. The maximum Gasteiger partial charge on any atom is 0.0485 e. The molecule has 0 spiro atoms. The van der Waals surface area contributed by atoms with Crippen molar-refractivity contribution in [3.63, 3.8) is 0 Å². The first-order valence-corrected chi connectivity index (χ1v) is 8.31. The third-order valence-corrected chi connectivity index (χ3v) is 4.40. The number of benzene rings is 1. The van der Waals surface area contributed by atoms with Crippen molar-refractivity contribution < 1.29 is 4.74 Å². The fourth-order valence-electron chi connectivity index (χ4n) is 2.71. The van der Waals surface area contributed by atoms with E-state index in [-0.39, 0.29) is 0 Å². The predicted octanol–water partition coefficient (Wildman–Crippen LogP) is 3.56. The van der Waals surface area contributed by atoms with Gasteiger partial charge in [-0.25, -0.2) is 0 Å². The lowest BCUT2D eigenvalue weighted by Crippen LogP contribution is -2.37. The Morgan fingerprint density at radius 2 is 2.10 bits per heavy atom. The van der Waals surface area contributed by atoms with Crippen molar-refractivity contribution in [1.82, 2.24) is 5.32 Å². The number of nitrogens with one attached hydrogen (secondary N) is 1. The van der Waals surface area contributed by atoms with E-state index in [1.54, 1.807) is 0 Å². The maximum atomic E-state index is 5.47. The van der Waals surface area contributed by atoms with Crippen LogP contribution in [-0.4, -0.2) is 32.8 Å². The number of hydrogen-bond acceptors (Lipinski definition) is 3. The second-order valence-electron chi connectivity index (χ2n) is 5.40. The van der Waals surface area contributed by atoms with Gasteiger partial charge in [0.2, 0.25) is 0 Å². The van der Waals surface area contributed by atoms with Gasteiger partial charge >= 0.3 is 0 Å². The molecule has 1 N–H and O–H groups in total. The van der Waals surface area contributed by atoms with Crippen LogP contribution >= 0.6 is 15.9 Å². The van der Waals surface area contributed by atoms with Crippen LogP contribution in [0.15, 0.2) is 22.7 Å². The summed E-state index contributed by atoms with van der Waals surface area (Å²) in [5, 5.41) is 3.50. The highest BCUT2D eigenvalue weighted by Gasteiger charge is 2.20. The summed E-state index contributed by atoms with van der Waals surface area (Å²) in [7, 11) is 2.21. The Labute approximate surface area is 130 Å². The Hall–Kier alpha value is -0.580. The average Bonchev–Trinajstić information content (AvgIpc) is 2.48. The molecule has 0 unspecified atom stereocenters. The van der Waals surface area contributed by atoms with Gasteiger partial charge < -0.3 is 15.0 Å². The molecular formula is C16H25BrN2O. The van der Waals surface area contributed by atoms with Crippen molar-refractivity contribution in [2.75, 3.05) is 31.7 Å². The largest absolute Gasteiger partial charge is 0.381 e. The van der Waals surface area contributed by atoms with Gasteiger partial charge in [-0.3, -0.25) is 0 Å². The number of halogens is 1. The Balaban J connectivity index is 2.11. The molecule has 1 aliphatic rings. The number of rotatable bonds is 6. The SMILES string of the molecule is CCCNCc1cc(Br)ccc1N(C)C1CCOCC1. The topological polar surface area (TPSA) is 24.5 Å². The van der Waals surface area contributed by atoms with Crippen molar-refractivity contribution in [2.24, 2.45) is 0 Å². The summed E-state index contributed by atoms with van der Waals surface area (Å²) in [5.41, 5.74) is 2.70. The van der Waals surface area contributed by atoms with Gasteiger partial charge in [-0.15, -0.1) is 0 Å². The highest BCUT2D eigenvalue weighted by molar-refractivity contribution is 9.10. The van der Waals surface area contributed by atoms with Gasteiger partial charge in [0.05, 0.1) is 0 Å². The lowest BCUT2D eigenvalue weighted by Gasteiger charge is -2.34. The molecule has 0 bridgehead atoms. The fraction of sp³-hybridized carbons (Fsp3) is 0.625. The van der Waals surface area contributed by atoms with E-state index < -0.39 is 0 Å². The lowest BCUT2D eigenvalue weighted by atomic mass is 10.0. The summed E-state index contributed by atoms with van der Waals surface area (Å²) >= 11 is 3.58. The number of nitrogens with zero attached hydrogens (tertiary/aromatic N) is 1. The molecule has 0 amide bonds. The Morgan fingerprint density at radius 3 is 2.80 bits per heavy atom. The van der Waals surface area contributed by atoms with Crippen molar-refractivity contribution in [3.8, 4) is 0 Å². The van der Waals surface area contributed by atoms with Crippen LogP contribution in [0.25, 0.3) is 0 Å². The Kier molecular flexibility index (Phi) is 6.33. The second-order valence-corrected chi connectivity index (χ2v) is 6.32. The average molecular weight is 341 g/mol. The Bertz CT molecular complexity index is 419. The van der Waals surface area contributed by atoms with E-state index in [2.05, 4.69) is 58.3 Å². The third kappa shape index (κ3) is 4.21. The summed E-state index contributed by atoms with van der Waals surface area (Å²) in [5.74, 6) is 0. The van der Waals surface area contributed by atoms with Gasteiger partial charge in [-0.1, -0.05) is 22.9 Å². The van der Waals surface area contributed by atoms with Crippen LogP contribution in [-0.2, 0) is 11.3 Å². The molecule has 1 aliphatic heterocycles. The monoisotopic (exact) mass is 340 g/mol. The van der Waals surface area contributed by atoms with Crippen LogP contribution in [0.2, 0.25) is 0 Å². The van der Waals surface area contributed by atoms with Crippen LogP contribution in [0, 0.1) is 0 Å². The van der Waals surface area contributed by atoms with Crippen molar-refractivity contribution >= 4 is 21.6 Å². The van der Waals surface area contributed by atoms with Gasteiger partial charge in [0.25, 0.3) is 0 Å². The molecule has 0 aromatic heterocycles. The van der Waals surface area contributed by atoms with Crippen LogP contribution in [0.3, 0.4) is 0 Å². The molecule has 112 valence electrons. The number of hydrogen-bond donors (Lipinski definition) is 1. The zero-order valence-electron chi connectivity index (χ0n) is 12.5. The van der Waals surface area contributed by atoms with Gasteiger partial charge in [0.1, 0.15) is 0 Å². The highest BCUT2D eigenvalue weighted by Crippen LogP contribution is 2.27. The first-order chi connectivity index (χ1) is 9.72. The summed E-state index contributed by atoms with van der Waals surface area (Å²) in [4.78, 5) is 2.43. The molecule has 1 heterocycles. The smallest absolute Gasteiger partial charge is 0.0485 e. The minimum Gasteiger partial charge on any atom is -0.381 e. The highest BCUT2D eigenvalue weighted by atomic mass is 79.9. The maximum absolute atomic E-state index is 5.47. The van der Waals surface area contributed by atoms with Crippen molar-refractivity contribution in [2.45, 2.75) is 38.8 Å². The van der Waals surface area contributed by atoms with Crippen molar-refractivity contribution in [3.05, 3.63) is 28.2 Å². The number of ether oxygens (including phenoxy) is 1. The van der Waals surface area contributed by atoms with Crippen LogP contribution in [0.5, 0.6) is 0 Å². The van der Waals surface area contributed by atoms with Crippen LogP contribution in [0.1, 0.15) is 31.7 Å². The summed E-state index contributed by atoms with van der Waals surface area (Å²) in [6, 6.07) is 7.18.